The molecule has 1 aromatic carbocycles. The molecule has 1 fully saturated rings. The average molecular weight is 297 g/mol. The molecular formula is C15H24NO3P. The van der Waals surface area contributed by atoms with Gasteiger partial charge in [0.15, 0.2) is 0 Å². The molecule has 1 saturated heterocycles. The second kappa shape index (κ2) is 5.27. The van der Waals surface area contributed by atoms with Crippen molar-refractivity contribution in [3.63, 3.8) is 0 Å². The highest BCUT2D eigenvalue weighted by molar-refractivity contribution is 7.51. The zero-order valence-electron chi connectivity index (χ0n) is 13.1. The van der Waals surface area contributed by atoms with E-state index in [1.165, 1.54) is 5.56 Å². The van der Waals surface area contributed by atoms with Gasteiger partial charge in [-0.1, -0.05) is 17.7 Å². The Balaban J connectivity index is 2.44. The van der Waals surface area contributed by atoms with Crippen LogP contribution in [0.4, 0.5) is 5.69 Å². The van der Waals surface area contributed by atoms with Crippen molar-refractivity contribution in [3.05, 3.63) is 29.8 Å². The number of hydrogen-bond acceptors (Lipinski definition) is 4. The molecule has 0 atom stereocenters. The number of rotatable bonds is 3. The molecule has 1 heterocycles. The molecule has 0 aliphatic carbocycles. The van der Waals surface area contributed by atoms with E-state index in [1.807, 2.05) is 65.8 Å². The molecule has 20 heavy (non-hydrogen) atoms. The summed E-state index contributed by atoms with van der Waals surface area (Å²) in [7, 11) is -2.70. The van der Waals surface area contributed by atoms with Crippen molar-refractivity contribution >= 4 is 13.4 Å². The lowest BCUT2D eigenvalue weighted by Crippen LogP contribution is -2.41. The number of benzene rings is 1. The van der Waals surface area contributed by atoms with Gasteiger partial charge in [0.2, 0.25) is 0 Å². The molecule has 4 nitrogen and oxygen atoms in total. The standard InChI is InChI=1S/C15H24NO3P/c1-7-17-20(16-13-10-8-12(2)9-11-13)18-14(3,4)15(5,6)19-20/h8-11H,7H2,1-6H3. The molecule has 0 N–H and O–H groups in total. The molecule has 1 aliphatic heterocycles. The third-order valence-corrected chi connectivity index (χ3v) is 6.14. The summed E-state index contributed by atoms with van der Waals surface area (Å²) in [5, 5.41) is 0. The Bertz CT molecular complexity index is 515. The zero-order valence-corrected chi connectivity index (χ0v) is 14.0. The summed E-state index contributed by atoms with van der Waals surface area (Å²) in [6.07, 6.45) is 0. The molecule has 0 aromatic heterocycles. The second-order valence-corrected chi connectivity index (χ2v) is 7.79. The highest BCUT2D eigenvalue weighted by atomic mass is 31.2. The predicted molar refractivity (Wildman–Crippen MR) is 82.1 cm³/mol. The van der Waals surface area contributed by atoms with Crippen molar-refractivity contribution < 1.29 is 13.6 Å². The molecule has 5 heteroatoms. The molecule has 0 amide bonds. The Hall–Kier alpha value is -0.670. The molecule has 0 spiro atoms. The maximum atomic E-state index is 6.13. The molecule has 112 valence electrons. The summed E-state index contributed by atoms with van der Waals surface area (Å²) in [6.45, 7) is 12.5. The fraction of sp³-hybridized carbons (Fsp3) is 0.600. The van der Waals surface area contributed by atoms with Gasteiger partial charge in [-0.15, -0.1) is 0 Å². The summed E-state index contributed by atoms with van der Waals surface area (Å²) < 4.78 is 22.7. The predicted octanol–water partition coefficient (Wildman–Crippen LogP) is 5.21. The van der Waals surface area contributed by atoms with Crippen molar-refractivity contribution in [2.75, 3.05) is 6.61 Å². The Morgan fingerprint density at radius 3 is 2.00 bits per heavy atom. The fourth-order valence-electron chi connectivity index (χ4n) is 1.85. The summed E-state index contributed by atoms with van der Waals surface area (Å²) in [6, 6.07) is 7.96. The van der Waals surface area contributed by atoms with Crippen molar-refractivity contribution in [1.29, 1.82) is 0 Å². The fourth-order valence-corrected chi connectivity index (χ4v) is 4.47. The van der Waals surface area contributed by atoms with Crippen molar-refractivity contribution in [1.82, 2.24) is 0 Å². The van der Waals surface area contributed by atoms with Crippen molar-refractivity contribution in [2.24, 2.45) is 4.74 Å². The van der Waals surface area contributed by atoms with E-state index in [4.69, 9.17) is 13.6 Å². The Labute approximate surface area is 121 Å². The Kier molecular flexibility index (Phi) is 4.14. The van der Waals surface area contributed by atoms with Crippen LogP contribution in [0.3, 0.4) is 0 Å². The first-order valence-corrected chi connectivity index (χ1v) is 8.44. The van der Waals surface area contributed by atoms with E-state index in [0.29, 0.717) is 6.61 Å². The van der Waals surface area contributed by atoms with Crippen LogP contribution >= 0.6 is 7.74 Å². The number of nitrogens with zero attached hydrogens (tertiary/aromatic N) is 1. The van der Waals surface area contributed by atoms with Gasteiger partial charge >= 0.3 is 7.74 Å². The van der Waals surface area contributed by atoms with E-state index >= 15 is 0 Å². The van der Waals surface area contributed by atoms with Crippen LogP contribution < -0.4 is 0 Å². The number of aryl methyl sites for hydroxylation is 1. The first kappa shape index (κ1) is 15.7. The lowest BCUT2D eigenvalue weighted by atomic mass is 9.90. The van der Waals surface area contributed by atoms with Crippen LogP contribution in [0.5, 0.6) is 0 Å². The van der Waals surface area contributed by atoms with Crippen LogP contribution in [-0.2, 0) is 13.6 Å². The molecule has 0 unspecified atom stereocenters. The summed E-state index contributed by atoms with van der Waals surface area (Å²) in [5.74, 6) is 0. The van der Waals surface area contributed by atoms with Gasteiger partial charge < -0.3 is 4.52 Å². The van der Waals surface area contributed by atoms with E-state index in [-0.39, 0.29) is 0 Å². The van der Waals surface area contributed by atoms with Gasteiger partial charge in [0.1, 0.15) is 11.2 Å². The van der Waals surface area contributed by atoms with Gasteiger partial charge in [0.25, 0.3) is 0 Å². The second-order valence-electron chi connectivity index (χ2n) is 6.03. The van der Waals surface area contributed by atoms with Crippen molar-refractivity contribution in [3.8, 4) is 0 Å². The quantitative estimate of drug-likeness (QED) is 0.719. The first-order valence-electron chi connectivity index (χ1n) is 6.95. The normalized spacial score (nSPS) is 22.7. The Morgan fingerprint density at radius 1 is 1.05 bits per heavy atom. The molecule has 1 aliphatic rings. The summed E-state index contributed by atoms with van der Waals surface area (Å²) in [5.41, 5.74) is 1.14. The van der Waals surface area contributed by atoms with Crippen LogP contribution in [0.25, 0.3) is 0 Å². The largest absolute Gasteiger partial charge is 0.361 e. The minimum Gasteiger partial charge on any atom is -0.303 e. The molecular weight excluding hydrogens is 273 g/mol. The van der Waals surface area contributed by atoms with Gasteiger partial charge in [0, 0.05) is 0 Å². The lowest BCUT2D eigenvalue weighted by molar-refractivity contribution is 0.00578. The van der Waals surface area contributed by atoms with E-state index in [9.17, 15) is 0 Å². The van der Waals surface area contributed by atoms with Crippen LogP contribution in [0.15, 0.2) is 29.0 Å². The van der Waals surface area contributed by atoms with Gasteiger partial charge in [0.05, 0.1) is 12.3 Å². The first-order chi connectivity index (χ1) is 9.20. The van der Waals surface area contributed by atoms with E-state index in [1.54, 1.807) is 0 Å². The molecule has 0 radical (unpaired) electrons. The summed E-state index contributed by atoms with van der Waals surface area (Å²) in [4.78, 5) is 0. The monoisotopic (exact) mass is 297 g/mol. The van der Waals surface area contributed by atoms with Crippen LogP contribution in [0.2, 0.25) is 0 Å². The smallest absolute Gasteiger partial charge is 0.303 e. The molecule has 0 bridgehead atoms. The zero-order chi connectivity index (χ0) is 15.0. The topological polar surface area (TPSA) is 40.0 Å². The van der Waals surface area contributed by atoms with E-state index in [0.717, 1.165) is 5.69 Å². The van der Waals surface area contributed by atoms with E-state index in [2.05, 4.69) is 4.74 Å². The highest BCUT2D eigenvalue weighted by Crippen LogP contribution is 2.67. The third kappa shape index (κ3) is 2.99. The maximum absolute atomic E-state index is 6.13. The lowest BCUT2D eigenvalue weighted by Gasteiger charge is -2.29. The SMILES string of the molecule is CCOP1(=Nc2ccc(C)cc2)OC(C)(C)C(C)(C)O1. The van der Waals surface area contributed by atoms with Crippen LogP contribution in [0, 0.1) is 6.92 Å². The van der Waals surface area contributed by atoms with Crippen LogP contribution in [-0.4, -0.2) is 17.8 Å². The minimum absolute atomic E-state index is 0.440. The minimum atomic E-state index is -2.70. The van der Waals surface area contributed by atoms with E-state index < -0.39 is 18.9 Å². The average Bonchev–Trinajstić information content (AvgIpc) is 2.48. The van der Waals surface area contributed by atoms with Crippen LogP contribution in [0.1, 0.15) is 40.2 Å². The Morgan fingerprint density at radius 2 is 1.55 bits per heavy atom. The number of hydrogen-bond donors (Lipinski definition) is 0. The summed E-state index contributed by atoms with van der Waals surface area (Å²) >= 11 is 0. The van der Waals surface area contributed by atoms with Gasteiger partial charge in [-0.2, -0.15) is 4.74 Å². The van der Waals surface area contributed by atoms with Gasteiger partial charge in [-0.3, -0.25) is 9.05 Å². The molecule has 0 saturated carbocycles. The molecule has 2 rings (SSSR count). The molecule has 1 aromatic rings. The maximum Gasteiger partial charge on any atom is 0.361 e. The van der Waals surface area contributed by atoms with Crippen molar-refractivity contribution in [2.45, 2.75) is 52.7 Å². The highest BCUT2D eigenvalue weighted by Gasteiger charge is 2.55. The third-order valence-electron chi connectivity index (χ3n) is 3.70. The van der Waals surface area contributed by atoms with Gasteiger partial charge in [-0.05, 0) is 53.7 Å². The van der Waals surface area contributed by atoms with Gasteiger partial charge in [-0.25, -0.2) is 0 Å².